The summed E-state index contributed by atoms with van der Waals surface area (Å²) in [5.74, 6) is 0. The van der Waals surface area contributed by atoms with Crippen molar-refractivity contribution in [2.45, 2.75) is 45.4 Å². The summed E-state index contributed by atoms with van der Waals surface area (Å²) in [7, 11) is 0. The van der Waals surface area contributed by atoms with E-state index in [-0.39, 0.29) is 5.57 Å². The van der Waals surface area contributed by atoms with Crippen LogP contribution in [0.25, 0.3) is 0 Å². The van der Waals surface area contributed by atoms with E-state index in [9.17, 15) is 0 Å². The quantitative estimate of drug-likeness (QED) is 0.460. The molecule has 0 bridgehead atoms. The molecule has 0 saturated carbocycles. The van der Waals surface area contributed by atoms with Crippen molar-refractivity contribution in [3.05, 3.63) is 11.6 Å². The molecule has 70 valence electrons. The molecule has 0 rings (SSSR count). The van der Waals surface area contributed by atoms with Crippen molar-refractivity contribution in [3.8, 4) is 12.1 Å². The van der Waals surface area contributed by atoms with Crippen LogP contribution in [0, 0.1) is 22.7 Å². The lowest BCUT2D eigenvalue weighted by Crippen LogP contribution is -1.78. The first kappa shape index (κ1) is 11.7. The van der Waals surface area contributed by atoms with E-state index in [1.54, 1.807) is 6.08 Å². The maximum Gasteiger partial charge on any atom is 0.125 e. The van der Waals surface area contributed by atoms with Gasteiger partial charge in [-0.15, -0.1) is 0 Å². The Morgan fingerprint density at radius 3 is 2.23 bits per heavy atom. The summed E-state index contributed by atoms with van der Waals surface area (Å²) < 4.78 is 0. The molecule has 0 aliphatic heterocycles. The van der Waals surface area contributed by atoms with Crippen LogP contribution in [0.5, 0.6) is 0 Å². The maximum absolute atomic E-state index is 8.43. The molecule has 0 N–H and O–H groups in total. The first-order valence-electron chi connectivity index (χ1n) is 4.85. The fraction of sp³-hybridized carbons (Fsp3) is 0.636. The minimum Gasteiger partial charge on any atom is -0.192 e. The number of nitriles is 2. The number of unbranched alkanes of at least 4 members (excludes halogenated alkanes) is 5. The summed E-state index contributed by atoms with van der Waals surface area (Å²) in [4.78, 5) is 0. The van der Waals surface area contributed by atoms with Gasteiger partial charge < -0.3 is 0 Å². The third kappa shape index (κ3) is 7.09. The third-order valence-corrected chi connectivity index (χ3v) is 1.90. The summed E-state index contributed by atoms with van der Waals surface area (Å²) in [5, 5.41) is 16.9. The zero-order chi connectivity index (χ0) is 9.94. The van der Waals surface area contributed by atoms with Crippen molar-refractivity contribution in [1.82, 2.24) is 0 Å². The van der Waals surface area contributed by atoms with E-state index < -0.39 is 0 Å². The average Bonchev–Trinajstić information content (AvgIpc) is 2.17. The van der Waals surface area contributed by atoms with Gasteiger partial charge in [0.1, 0.15) is 17.7 Å². The van der Waals surface area contributed by atoms with E-state index in [1.807, 2.05) is 12.1 Å². The van der Waals surface area contributed by atoms with Gasteiger partial charge in [-0.05, 0) is 12.8 Å². The monoisotopic (exact) mass is 176 g/mol. The van der Waals surface area contributed by atoms with Crippen LogP contribution < -0.4 is 0 Å². The van der Waals surface area contributed by atoms with Crippen LogP contribution in [0.2, 0.25) is 0 Å². The summed E-state index contributed by atoms with van der Waals surface area (Å²) in [5.41, 5.74) is 0.246. The molecule has 2 nitrogen and oxygen atoms in total. The minimum absolute atomic E-state index is 0.246. The van der Waals surface area contributed by atoms with Gasteiger partial charge >= 0.3 is 0 Å². The van der Waals surface area contributed by atoms with Crippen molar-refractivity contribution in [2.24, 2.45) is 0 Å². The Morgan fingerprint density at radius 1 is 1.08 bits per heavy atom. The lowest BCUT2D eigenvalue weighted by molar-refractivity contribution is 0.637. The zero-order valence-electron chi connectivity index (χ0n) is 8.21. The topological polar surface area (TPSA) is 47.6 Å². The van der Waals surface area contributed by atoms with Crippen LogP contribution in [0.15, 0.2) is 11.6 Å². The van der Waals surface area contributed by atoms with Crippen LogP contribution in [0.1, 0.15) is 45.4 Å². The van der Waals surface area contributed by atoms with Crippen molar-refractivity contribution in [1.29, 1.82) is 10.5 Å². The highest BCUT2D eigenvalue weighted by Crippen LogP contribution is 2.06. The molecule has 0 unspecified atom stereocenters. The van der Waals surface area contributed by atoms with E-state index in [1.165, 1.54) is 25.7 Å². The van der Waals surface area contributed by atoms with E-state index in [0.717, 1.165) is 12.8 Å². The van der Waals surface area contributed by atoms with Gasteiger partial charge in [0.05, 0.1) is 0 Å². The molecule has 0 radical (unpaired) electrons. The Kier molecular flexibility index (Phi) is 7.95. The molecule has 0 fully saturated rings. The van der Waals surface area contributed by atoms with Crippen LogP contribution in [0.3, 0.4) is 0 Å². The Labute approximate surface area is 80.5 Å². The molecule has 0 aromatic heterocycles. The van der Waals surface area contributed by atoms with Crippen LogP contribution in [0.4, 0.5) is 0 Å². The smallest absolute Gasteiger partial charge is 0.125 e. The first-order valence-corrected chi connectivity index (χ1v) is 4.85. The third-order valence-electron chi connectivity index (χ3n) is 1.90. The Bertz CT molecular complexity index is 211. The lowest BCUT2D eigenvalue weighted by Gasteiger charge is -1.95. The van der Waals surface area contributed by atoms with E-state index in [4.69, 9.17) is 10.5 Å². The standard InChI is InChI=1S/C11H16N2/c1-2-3-4-5-6-7-8-11(9-12)10-13/h8H,2-7H2,1H3. The fourth-order valence-corrected chi connectivity index (χ4v) is 1.11. The summed E-state index contributed by atoms with van der Waals surface area (Å²) in [6.45, 7) is 2.18. The van der Waals surface area contributed by atoms with Crippen molar-refractivity contribution in [2.75, 3.05) is 0 Å². The molecular formula is C11H16N2. The molecule has 0 amide bonds. The SMILES string of the molecule is CCCCCCCC=C(C#N)C#N. The lowest BCUT2D eigenvalue weighted by atomic mass is 10.1. The Balaban J connectivity index is 3.41. The van der Waals surface area contributed by atoms with Crippen molar-refractivity contribution < 1.29 is 0 Å². The van der Waals surface area contributed by atoms with Crippen LogP contribution in [-0.4, -0.2) is 0 Å². The van der Waals surface area contributed by atoms with Crippen molar-refractivity contribution >= 4 is 0 Å². The summed E-state index contributed by atoms with van der Waals surface area (Å²) in [6, 6.07) is 3.71. The number of allylic oxidation sites excluding steroid dienone is 2. The van der Waals surface area contributed by atoms with Gasteiger partial charge in [-0.3, -0.25) is 0 Å². The molecule has 2 heteroatoms. The second-order valence-electron chi connectivity index (χ2n) is 3.04. The van der Waals surface area contributed by atoms with Gasteiger partial charge in [0, 0.05) is 0 Å². The summed E-state index contributed by atoms with van der Waals surface area (Å²) in [6.07, 6.45) is 8.68. The zero-order valence-corrected chi connectivity index (χ0v) is 8.21. The largest absolute Gasteiger partial charge is 0.192 e. The second kappa shape index (κ2) is 8.81. The minimum atomic E-state index is 0.246. The molecule has 0 atom stereocenters. The number of hydrogen-bond donors (Lipinski definition) is 0. The van der Waals surface area contributed by atoms with E-state index in [0.29, 0.717) is 0 Å². The van der Waals surface area contributed by atoms with E-state index in [2.05, 4.69) is 6.92 Å². The van der Waals surface area contributed by atoms with Gasteiger partial charge in [0.15, 0.2) is 0 Å². The molecule has 0 aromatic carbocycles. The number of rotatable bonds is 6. The molecule has 13 heavy (non-hydrogen) atoms. The fourth-order valence-electron chi connectivity index (χ4n) is 1.11. The molecule has 0 saturated heterocycles. The highest BCUT2D eigenvalue weighted by molar-refractivity contribution is 5.34. The Morgan fingerprint density at radius 2 is 1.69 bits per heavy atom. The van der Waals surface area contributed by atoms with Gasteiger partial charge in [0.25, 0.3) is 0 Å². The van der Waals surface area contributed by atoms with E-state index >= 15 is 0 Å². The van der Waals surface area contributed by atoms with Crippen LogP contribution >= 0.6 is 0 Å². The van der Waals surface area contributed by atoms with Gasteiger partial charge in [-0.1, -0.05) is 38.7 Å². The van der Waals surface area contributed by atoms with Crippen LogP contribution in [-0.2, 0) is 0 Å². The van der Waals surface area contributed by atoms with Crippen molar-refractivity contribution in [3.63, 3.8) is 0 Å². The molecule has 0 spiro atoms. The molecule has 0 heterocycles. The Hall–Kier alpha value is -1.28. The molecule has 0 aliphatic rings. The molecular weight excluding hydrogens is 160 g/mol. The molecule has 0 aliphatic carbocycles. The molecule has 0 aromatic rings. The van der Waals surface area contributed by atoms with Gasteiger partial charge in [-0.25, -0.2) is 0 Å². The second-order valence-corrected chi connectivity index (χ2v) is 3.04. The number of hydrogen-bond acceptors (Lipinski definition) is 2. The predicted molar refractivity (Wildman–Crippen MR) is 52.7 cm³/mol. The highest BCUT2D eigenvalue weighted by Gasteiger charge is 1.91. The normalized spacial score (nSPS) is 8.54. The highest BCUT2D eigenvalue weighted by atomic mass is 14.3. The number of nitrogens with zero attached hydrogens (tertiary/aromatic N) is 2. The van der Waals surface area contributed by atoms with Gasteiger partial charge in [-0.2, -0.15) is 10.5 Å². The average molecular weight is 176 g/mol. The predicted octanol–water partition coefficient (Wildman–Crippen LogP) is 3.32. The first-order chi connectivity index (χ1) is 6.35. The van der Waals surface area contributed by atoms with Gasteiger partial charge in [0.2, 0.25) is 0 Å². The summed E-state index contributed by atoms with van der Waals surface area (Å²) >= 11 is 0. The maximum atomic E-state index is 8.43.